The lowest BCUT2D eigenvalue weighted by atomic mass is 9.81. The molecule has 0 bridgehead atoms. The van der Waals surface area contributed by atoms with Crippen LogP contribution < -0.4 is 14.8 Å². The minimum atomic E-state index is -3.76. The van der Waals surface area contributed by atoms with Crippen molar-refractivity contribution in [3.8, 4) is 11.5 Å². The summed E-state index contributed by atoms with van der Waals surface area (Å²) in [7, 11) is 0. The van der Waals surface area contributed by atoms with Crippen LogP contribution in [0.2, 0.25) is 0 Å². The average Bonchev–Trinajstić information content (AvgIpc) is 3.22. The van der Waals surface area contributed by atoms with Crippen LogP contribution in [0, 0.1) is 0 Å². The second-order valence-corrected chi connectivity index (χ2v) is 6.46. The zero-order valence-corrected chi connectivity index (χ0v) is 15.3. The fourth-order valence-corrected chi connectivity index (χ4v) is 3.60. The molecule has 0 saturated heterocycles. The summed E-state index contributed by atoms with van der Waals surface area (Å²) in [6.45, 7) is 3.88. The van der Waals surface area contributed by atoms with Crippen molar-refractivity contribution in [1.82, 2.24) is 10.2 Å². The number of alkyl halides is 2. The Morgan fingerprint density at radius 2 is 2.11 bits per heavy atom. The van der Waals surface area contributed by atoms with Crippen molar-refractivity contribution in [2.75, 3.05) is 11.9 Å². The van der Waals surface area contributed by atoms with E-state index in [1.807, 2.05) is 6.92 Å². The molecule has 9 heteroatoms. The zero-order valence-electron chi connectivity index (χ0n) is 15.3. The minimum Gasteiger partial charge on any atom is -0.463 e. The topological polar surface area (TPSA) is 85.5 Å². The highest BCUT2D eigenvalue weighted by molar-refractivity contribution is 5.94. The molecule has 0 spiro atoms. The molecule has 7 nitrogen and oxygen atoms in total. The van der Waals surface area contributed by atoms with Crippen molar-refractivity contribution in [3.05, 3.63) is 46.8 Å². The number of allylic oxidation sites excluding steroid dienone is 1. The van der Waals surface area contributed by atoms with Gasteiger partial charge in [0.05, 0.1) is 24.3 Å². The molecule has 2 aliphatic heterocycles. The van der Waals surface area contributed by atoms with Crippen molar-refractivity contribution >= 4 is 11.8 Å². The van der Waals surface area contributed by atoms with E-state index < -0.39 is 18.2 Å². The van der Waals surface area contributed by atoms with Crippen LogP contribution in [-0.2, 0) is 9.53 Å². The molecule has 1 unspecified atom stereocenters. The number of anilines is 1. The van der Waals surface area contributed by atoms with Crippen LogP contribution in [0.25, 0.3) is 0 Å². The summed E-state index contributed by atoms with van der Waals surface area (Å²) in [6, 6.07) is 4.62. The van der Waals surface area contributed by atoms with Crippen molar-refractivity contribution in [1.29, 1.82) is 0 Å². The van der Waals surface area contributed by atoms with E-state index in [-0.39, 0.29) is 18.1 Å². The first-order chi connectivity index (χ1) is 13.4. The second-order valence-electron chi connectivity index (χ2n) is 6.46. The highest BCUT2D eigenvalue weighted by atomic mass is 19.3. The third-order valence-corrected chi connectivity index (χ3v) is 4.63. The maximum atomic E-state index is 13.7. The fourth-order valence-electron chi connectivity index (χ4n) is 3.60. The number of fused-ring (bicyclic) bond motifs is 2. The number of carbonyl (C=O) groups is 1. The number of halogens is 2. The van der Waals surface area contributed by atoms with E-state index in [1.54, 1.807) is 25.3 Å². The van der Waals surface area contributed by atoms with E-state index >= 15 is 0 Å². The Bertz CT molecular complexity index is 954. The van der Waals surface area contributed by atoms with E-state index in [2.05, 4.69) is 20.3 Å². The maximum absolute atomic E-state index is 13.7. The number of hydrogen-bond acceptors (Lipinski definition) is 6. The Balaban J connectivity index is 1.91. The number of benzene rings is 1. The standard InChI is InChI=1S/C19H19F2N3O4/c1-3-6-12-15(18(25)26-4-2)14(11-9-22-24-17(11)23-12)10-7-5-8-13-16(10)28-19(20,21)27-13/h5,7-9,14H,3-4,6H2,1-2H3,(H2,22,23,24). The van der Waals surface area contributed by atoms with Gasteiger partial charge < -0.3 is 19.5 Å². The molecule has 0 aliphatic carbocycles. The molecule has 1 aromatic carbocycles. The fraction of sp³-hybridized carbons (Fsp3) is 0.368. The van der Waals surface area contributed by atoms with Crippen LogP contribution in [0.5, 0.6) is 11.5 Å². The van der Waals surface area contributed by atoms with Gasteiger partial charge in [-0.3, -0.25) is 5.10 Å². The Hall–Kier alpha value is -3.10. The number of ether oxygens (including phenoxy) is 3. The van der Waals surface area contributed by atoms with Gasteiger partial charge >= 0.3 is 12.3 Å². The van der Waals surface area contributed by atoms with Crippen LogP contribution in [0.3, 0.4) is 0 Å². The van der Waals surface area contributed by atoms with Gasteiger partial charge in [-0.15, -0.1) is 8.78 Å². The number of H-pyrrole nitrogens is 1. The van der Waals surface area contributed by atoms with Gasteiger partial charge in [-0.05, 0) is 19.4 Å². The zero-order chi connectivity index (χ0) is 19.9. The van der Waals surface area contributed by atoms with Gasteiger partial charge in [0, 0.05) is 16.8 Å². The number of aromatic amines is 1. The number of esters is 1. The molecule has 1 atom stereocenters. The molecule has 0 amide bonds. The summed E-state index contributed by atoms with van der Waals surface area (Å²) in [5.74, 6) is -0.776. The lowest BCUT2D eigenvalue weighted by Gasteiger charge is -2.29. The van der Waals surface area contributed by atoms with Crippen molar-refractivity contribution in [2.24, 2.45) is 0 Å². The molecule has 4 rings (SSSR count). The van der Waals surface area contributed by atoms with E-state index in [9.17, 15) is 13.6 Å². The first-order valence-corrected chi connectivity index (χ1v) is 9.04. The number of para-hydroxylation sites is 1. The van der Waals surface area contributed by atoms with E-state index in [1.165, 1.54) is 6.07 Å². The number of nitrogens with zero attached hydrogens (tertiary/aromatic N) is 1. The molecule has 28 heavy (non-hydrogen) atoms. The average molecular weight is 391 g/mol. The smallest absolute Gasteiger partial charge is 0.463 e. The lowest BCUT2D eigenvalue weighted by Crippen LogP contribution is -2.27. The van der Waals surface area contributed by atoms with Crippen LogP contribution in [-0.4, -0.2) is 29.1 Å². The van der Waals surface area contributed by atoms with Crippen LogP contribution >= 0.6 is 0 Å². The normalized spacial score (nSPS) is 19.2. The summed E-state index contributed by atoms with van der Waals surface area (Å²) >= 11 is 0. The Labute approximate surface area is 159 Å². The van der Waals surface area contributed by atoms with Crippen molar-refractivity contribution in [2.45, 2.75) is 38.9 Å². The molecule has 0 saturated carbocycles. The molecule has 2 aromatic rings. The van der Waals surface area contributed by atoms with Gasteiger partial charge in [-0.1, -0.05) is 25.5 Å². The molecular weight excluding hydrogens is 372 g/mol. The van der Waals surface area contributed by atoms with Gasteiger partial charge in [0.25, 0.3) is 0 Å². The van der Waals surface area contributed by atoms with Crippen molar-refractivity contribution in [3.63, 3.8) is 0 Å². The minimum absolute atomic E-state index is 0.0775. The molecule has 0 fully saturated rings. The van der Waals surface area contributed by atoms with E-state index in [4.69, 9.17) is 9.47 Å². The highest BCUT2D eigenvalue weighted by Crippen LogP contribution is 2.51. The highest BCUT2D eigenvalue weighted by Gasteiger charge is 2.47. The number of carbonyl (C=O) groups excluding carboxylic acids is 1. The lowest BCUT2D eigenvalue weighted by molar-refractivity contribution is -0.286. The van der Waals surface area contributed by atoms with Crippen LogP contribution in [0.4, 0.5) is 14.6 Å². The Morgan fingerprint density at radius 1 is 1.29 bits per heavy atom. The van der Waals surface area contributed by atoms with Gasteiger partial charge in [0.1, 0.15) is 5.82 Å². The summed E-state index contributed by atoms with van der Waals surface area (Å²) in [5, 5.41) is 10.1. The SMILES string of the molecule is CCCC1=C(C(=O)OCC)C(c2cccc3c2OC(F)(F)O3)c2cn[nH]c2N1. The number of aromatic nitrogens is 2. The summed E-state index contributed by atoms with van der Waals surface area (Å²) in [5.41, 5.74) is 2.03. The summed E-state index contributed by atoms with van der Waals surface area (Å²) < 4.78 is 42.1. The summed E-state index contributed by atoms with van der Waals surface area (Å²) in [4.78, 5) is 12.9. The molecule has 148 valence electrons. The molecule has 1 aromatic heterocycles. The first kappa shape index (κ1) is 18.3. The van der Waals surface area contributed by atoms with Gasteiger partial charge in [-0.2, -0.15) is 5.10 Å². The third kappa shape index (κ3) is 2.96. The Kier molecular flexibility index (Phi) is 4.44. The maximum Gasteiger partial charge on any atom is 0.586 e. The summed E-state index contributed by atoms with van der Waals surface area (Å²) in [6.07, 6.45) is -0.857. The number of nitrogens with one attached hydrogen (secondary N) is 2. The molecule has 2 aliphatic rings. The van der Waals surface area contributed by atoms with E-state index in [0.717, 1.165) is 6.42 Å². The van der Waals surface area contributed by atoms with Crippen LogP contribution in [0.15, 0.2) is 35.7 Å². The van der Waals surface area contributed by atoms with Gasteiger partial charge in [-0.25, -0.2) is 4.79 Å². The molecule has 2 N–H and O–H groups in total. The Morgan fingerprint density at radius 3 is 2.86 bits per heavy atom. The monoisotopic (exact) mass is 391 g/mol. The third-order valence-electron chi connectivity index (χ3n) is 4.63. The predicted molar refractivity (Wildman–Crippen MR) is 95.3 cm³/mol. The predicted octanol–water partition coefficient (Wildman–Crippen LogP) is 3.91. The first-order valence-electron chi connectivity index (χ1n) is 9.04. The largest absolute Gasteiger partial charge is 0.586 e. The number of hydrogen-bond donors (Lipinski definition) is 2. The van der Waals surface area contributed by atoms with Crippen LogP contribution in [0.1, 0.15) is 43.7 Å². The molecular formula is C19H19F2N3O4. The second kappa shape index (κ2) is 6.81. The number of rotatable bonds is 5. The quantitative estimate of drug-likeness (QED) is 0.752. The van der Waals surface area contributed by atoms with Gasteiger partial charge in [0.15, 0.2) is 11.5 Å². The molecule has 0 radical (unpaired) electrons. The van der Waals surface area contributed by atoms with Gasteiger partial charge in [0.2, 0.25) is 0 Å². The van der Waals surface area contributed by atoms with E-state index in [0.29, 0.717) is 34.6 Å². The molecule has 3 heterocycles. The van der Waals surface area contributed by atoms with Crippen molar-refractivity contribution < 1.29 is 27.8 Å².